The molecule has 0 saturated heterocycles. The van der Waals surface area contributed by atoms with Crippen molar-refractivity contribution in [2.45, 2.75) is 372 Å². The average Bonchev–Trinajstić information content (AvgIpc) is 1.34. The molecule has 4 aliphatic carbocycles. The van der Waals surface area contributed by atoms with Crippen LogP contribution in [-0.2, 0) is 54.2 Å². The standard InChI is InChI=1S/C11H18O.C10H19NO.2C10H16O.C9H14N2.C9H14O.C9H16O.C8H14N2.C8H14O.C7H14O.C7H12O.C5H6N2.C4H10/c1-11(2,3)10(12)9-7-5-4-6-8-9;1-10(2,3)9(12)7-6-8-11(4)5;1-10(2,3)8-6-4-5-7-9(8)11;1-10(2,3)9(11)8-6-4-5-7-8;1-5-8-6-7-11(10-8)9(2,3)4;1-9(2,3)8(10)7-5-4-6-7;1-7(2)6-8(10)9(3,4)5;1-7-5-6-10(9-7)8(2,3)4;1-5-6-7(9)8(2,3)4;2*1-5-6(8)7(2,3)4;1-2-5-6-3-4-7-5;1-4(2)3/h7H,4-6,8H2,1-3H3;6-7H,8H2,1-5H3;5,7-8H,4,6H2,1-3H3;6H,4-5,7H2,1-3H3;5-7H,1H2,2-4H3;5H,4,6H2,1-3H3;6H,1-5H3;5-6H,1-4H3;5-6H,1-4H3;5H2,1-4H3;5H,1H2,2-4H3;2-4H,1H2,(H,6,7);4H,1-3H3/b;7-6+;;;;;;;6-5+;;;;. The van der Waals surface area contributed by atoms with Crippen LogP contribution in [-0.4, -0.2) is 107 Å². The smallest absolute Gasteiger partial charge is 0.163 e. The second-order valence-corrected chi connectivity index (χ2v) is 44.0. The Bertz CT molecular complexity index is 3860. The first-order chi connectivity index (χ1) is 55.4. The molecule has 3 aromatic heterocycles. The molecule has 0 aliphatic heterocycles. The van der Waals surface area contributed by atoms with E-state index < -0.39 is 0 Å². The van der Waals surface area contributed by atoms with Crippen LogP contribution < -0.4 is 0 Å². The normalized spacial score (nSPS) is 14.5. The van der Waals surface area contributed by atoms with Crippen LogP contribution >= 0.6 is 0 Å². The SMILES string of the molecule is C/C=C/C(=O)C(C)(C)C.C=CC(=O)C(C)(C)C.C=Cc1ccn(C(C)(C)C)n1.C=Cc1ncc[nH]1.CC(C)(C)C(=O)C1=CCC1.CC(C)(C)C(=O)C1=CCCC1.CC(C)(C)C(=O)C1=CCCCC1.CC(C)(C)C1CCC=CC1=O.CC(C)=CC(=O)C(C)(C)C.CC(C)C.CCC(=O)C(C)(C)C.CN(C)C/C=C/C(=O)C(C)(C)C.Cc1ccn(C(C)(C)C)n1. The lowest BCUT2D eigenvalue weighted by Crippen LogP contribution is -2.28. The van der Waals surface area contributed by atoms with Crippen molar-refractivity contribution >= 4 is 64.2 Å². The largest absolute Gasteiger partial charge is 0.345 e. The minimum absolute atomic E-state index is 0.0707. The Hall–Kier alpha value is -7.98. The van der Waals surface area contributed by atoms with Gasteiger partial charge in [-0.2, -0.15) is 10.2 Å². The third kappa shape index (κ3) is 65.3. The quantitative estimate of drug-likeness (QED) is 0.167. The van der Waals surface area contributed by atoms with E-state index in [4.69, 9.17) is 0 Å². The maximum atomic E-state index is 11.8. The first kappa shape index (κ1) is 126. The Labute approximate surface area is 753 Å². The van der Waals surface area contributed by atoms with Crippen LogP contribution in [0.2, 0.25) is 0 Å². The number of nitrogens with one attached hydrogen (secondary N) is 1. The Morgan fingerprint density at radius 2 is 0.927 bits per heavy atom. The van der Waals surface area contributed by atoms with Crippen molar-refractivity contribution in [3.05, 3.63) is 163 Å². The molecule has 1 unspecified atom stereocenters. The summed E-state index contributed by atoms with van der Waals surface area (Å²) in [4.78, 5) is 110. The van der Waals surface area contributed by atoms with Crippen LogP contribution in [0, 0.1) is 67.5 Å². The number of hydrogen-bond donors (Lipinski definition) is 1. The molecule has 3 aromatic rings. The van der Waals surface area contributed by atoms with Gasteiger partial charge in [-0.1, -0.05) is 276 Å². The van der Waals surface area contributed by atoms with Crippen molar-refractivity contribution in [2.75, 3.05) is 20.6 Å². The van der Waals surface area contributed by atoms with Crippen molar-refractivity contribution in [3.63, 3.8) is 0 Å². The number of Topliss-reactive ketones (excluding diaryl/α,β-unsaturated/α-hetero) is 4. The van der Waals surface area contributed by atoms with E-state index in [9.17, 15) is 43.2 Å². The number of aromatic amines is 1. The summed E-state index contributed by atoms with van der Waals surface area (Å²) in [6.45, 7) is 93.2. The molecule has 1 N–H and O–H groups in total. The van der Waals surface area contributed by atoms with E-state index in [-0.39, 0.29) is 88.9 Å². The molecule has 0 spiro atoms. The fourth-order valence-corrected chi connectivity index (χ4v) is 9.78. The van der Waals surface area contributed by atoms with E-state index in [2.05, 4.69) is 135 Å². The fraction of sp³-hybridized carbons (Fsp3) is 0.645. The van der Waals surface area contributed by atoms with Gasteiger partial charge in [-0.25, -0.2) is 4.98 Å². The zero-order chi connectivity index (χ0) is 98.1. The van der Waals surface area contributed by atoms with Crippen LogP contribution in [0.4, 0.5) is 0 Å². The van der Waals surface area contributed by atoms with Gasteiger partial charge in [0.1, 0.15) is 11.6 Å². The molecular weight excluding hydrogens is 1530 g/mol. The summed E-state index contributed by atoms with van der Waals surface area (Å²) in [6, 6.07) is 3.98. The van der Waals surface area contributed by atoms with Gasteiger partial charge in [0, 0.05) is 87.0 Å². The number of rotatable bonds is 12. The van der Waals surface area contributed by atoms with Crippen LogP contribution in [0.3, 0.4) is 0 Å². The zero-order valence-corrected chi connectivity index (χ0v) is 86.8. The number of carbonyl (C=O) groups is 9. The van der Waals surface area contributed by atoms with Gasteiger partial charge in [-0.05, 0) is 237 Å². The van der Waals surface area contributed by atoms with E-state index in [1.807, 2.05) is 272 Å². The van der Waals surface area contributed by atoms with Gasteiger partial charge in [0.05, 0.1) is 22.5 Å². The molecule has 0 aromatic carbocycles. The highest BCUT2D eigenvalue weighted by molar-refractivity contribution is 6.01. The number of imidazole rings is 1. The number of carbonyl (C=O) groups excluding carboxylic acids is 9. The van der Waals surface area contributed by atoms with E-state index in [1.54, 1.807) is 54.9 Å². The first-order valence-electron chi connectivity index (χ1n) is 44.6. The molecule has 16 heteroatoms. The minimum atomic E-state index is -0.248. The number of ketones is 9. The van der Waals surface area contributed by atoms with Gasteiger partial charge in [-0.3, -0.25) is 52.5 Å². The fourth-order valence-electron chi connectivity index (χ4n) is 9.78. The van der Waals surface area contributed by atoms with Crippen molar-refractivity contribution < 1.29 is 43.2 Å². The first-order valence-corrected chi connectivity index (χ1v) is 44.6. The molecule has 4 aliphatic rings. The van der Waals surface area contributed by atoms with Crippen molar-refractivity contribution in [1.82, 2.24) is 34.4 Å². The molecule has 0 saturated carbocycles. The summed E-state index contributed by atoms with van der Waals surface area (Å²) in [5.41, 5.74) is 4.94. The molecule has 0 bridgehead atoms. The number of aromatic nitrogens is 6. The highest BCUT2D eigenvalue weighted by atomic mass is 16.2. The van der Waals surface area contributed by atoms with Crippen LogP contribution in [0.15, 0.2) is 146 Å². The number of nitrogens with zero attached hydrogens (tertiary/aromatic N) is 6. The predicted molar refractivity (Wildman–Crippen MR) is 529 cm³/mol. The molecule has 123 heavy (non-hydrogen) atoms. The summed E-state index contributed by atoms with van der Waals surface area (Å²) in [5.74, 6) is 4.18. The monoisotopic (exact) mass is 1710 g/mol. The van der Waals surface area contributed by atoms with Crippen LogP contribution in [0.1, 0.15) is 371 Å². The number of aryl methyl sites for hydroxylation is 1. The van der Waals surface area contributed by atoms with Gasteiger partial charge in [0.2, 0.25) is 0 Å². The summed E-state index contributed by atoms with van der Waals surface area (Å²) in [7, 11) is 3.96. The summed E-state index contributed by atoms with van der Waals surface area (Å²) in [6.07, 6.45) is 43.4. The Balaban J connectivity index is -0.000000303. The second kappa shape index (κ2) is 59.1. The number of hydrogen-bond acceptors (Lipinski definition) is 13. The van der Waals surface area contributed by atoms with Gasteiger partial charge in [0.25, 0.3) is 0 Å². The molecule has 7 rings (SSSR count). The highest BCUT2D eigenvalue weighted by Crippen LogP contribution is 2.34. The van der Waals surface area contributed by atoms with Crippen molar-refractivity contribution in [3.8, 4) is 0 Å². The lowest BCUT2D eigenvalue weighted by molar-refractivity contribution is -0.126. The third-order valence-electron chi connectivity index (χ3n) is 17.8. The minimum Gasteiger partial charge on any atom is -0.345 e. The second-order valence-electron chi connectivity index (χ2n) is 44.0. The summed E-state index contributed by atoms with van der Waals surface area (Å²) in [5, 5.41) is 8.60. The highest BCUT2D eigenvalue weighted by Gasteiger charge is 2.32. The average molecular weight is 1710 g/mol. The Kier molecular flexibility index (Phi) is 60.4. The molecule has 3 heterocycles. The molecule has 0 amide bonds. The van der Waals surface area contributed by atoms with Gasteiger partial charge in [0.15, 0.2) is 46.3 Å². The molecule has 700 valence electrons. The number of H-pyrrole nitrogens is 1. The number of likely N-dealkylation sites (N-methyl/N-ethyl adjacent to an activating group) is 1. The lowest BCUT2D eigenvalue weighted by Gasteiger charge is -2.29. The van der Waals surface area contributed by atoms with Crippen LogP contribution in [0.25, 0.3) is 12.2 Å². The summed E-state index contributed by atoms with van der Waals surface area (Å²) >= 11 is 0. The third-order valence-corrected chi connectivity index (χ3v) is 17.8. The number of allylic oxidation sites excluding steroid dienone is 14. The molecule has 1 atom stereocenters. The lowest BCUT2D eigenvalue weighted by atomic mass is 9.74. The van der Waals surface area contributed by atoms with E-state index in [0.29, 0.717) is 35.3 Å². The van der Waals surface area contributed by atoms with Crippen molar-refractivity contribution in [2.24, 2.45) is 60.6 Å². The van der Waals surface area contributed by atoms with Crippen molar-refractivity contribution in [1.29, 1.82) is 0 Å². The van der Waals surface area contributed by atoms with Crippen LogP contribution in [0.5, 0.6) is 0 Å². The van der Waals surface area contributed by atoms with E-state index in [0.717, 1.165) is 110 Å². The molecule has 0 fully saturated rings. The molecular formula is C107H183N7O9. The van der Waals surface area contributed by atoms with Gasteiger partial charge in [-0.15, -0.1) is 0 Å². The van der Waals surface area contributed by atoms with Gasteiger partial charge >= 0.3 is 0 Å². The maximum absolute atomic E-state index is 11.8. The zero-order valence-electron chi connectivity index (χ0n) is 86.8. The van der Waals surface area contributed by atoms with E-state index in [1.165, 1.54) is 18.9 Å². The maximum Gasteiger partial charge on any atom is 0.163 e. The van der Waals surface area contributed by atoms with Gasteiger partial charge < -0.3 is 9.88 Å². The molecule has 16 nitrogen and oxygen atoms in total. The Morgan fingerprint density at radius 3 is 1.11 bits per heavy atom. The predicted octanol–water partition coefficient (Wildman–Crippen LogP) is 27.9. The molecule has 0 radical (unpaired) electrons. The Morgan fingerprint density at radius 1 is 0.520 bits per heavy atom. The topological polar surface area (TPSA) is 221 Å². The summed E-state index contributed by atoms with van der Waals surface area (Å²) < 4.78 is 3.91. The van der Waals surface area contributed by atoms with E-state index >= 15 is 0 Å².